The molecule has 0 N–H and O–H groups in total. The summed E-state index contributed by atoms with van der Waals surface area (Å²) in [5.41, 5.74) is 3.74. The molecule has 0 saturated heterocycles. The summed E-state index contributed by atoms with van der Waals surface area (Å²) in [7, 11) is 0. The molecule has 0 aliphatic rings. The monoisotopic (exact) mass is 286 g/mol. The number of amides is 1. The number of nitrogens with zero attached hydrogens (tertiary/aromatic N) is 2. The first-order valence-electron chi connectivity index (χ1n) is 7.86. The molecule has 3 nitrogen and oxygen atoms in total. The molecule has 0 aliphatic carbocycles. The fourth-order valence-electron chi connectivity index (χ4n) is 3.20. The van der Waals surface area contributed by atoms with E-state index in [0.717, 1.165) is 13.1 Å². The van der Waals surface area contributed by atoms with Gasteiger partial charge in [-0.05, 0) is 38.3 Å². The molecular formula is C18H26N2O. The van der Waals surface area contributed by atoms with Gasteiger partial charge in [0, 0.05) is 29.7 Å². The van der Waals surface area contributed by atoms with Gasteiger partial charge < -0.3 is 9.47 Å². The van der Waals surface area contributed by atoms with Crippen molar-refractivity contribution in [1.29, 1.82) is 0 Å². The van der Waals surface area contributed by atoms with Gasteiger partial charge in [0.15, 0.2) is 0 Å². The molecule has 0 saturated carbocycles. The highest BCUT2D eigenvalue weighted by Crippen LogP contribution is 2.31. The Morgan fingerprint density at radius 1 is 1.19 bits per heavy atom. The Bertz CT molecular complexity index is 636. The third-order valence-electron chi connectivity index (χ3n) is 4.27. The van der Waals surface area contributed by atoms with E-state index in [4.69, 9.17) is 0 Å². The minimum atomic E-state index is 0.194. The van der Waals surface area contributed by atoms with Crippen LogP contribution in [-0.4, -0.2) is 28.5 Å². The number of hydrogen-bond acceptors (Lipinski definition) is 1. The molecule has 1 aromatic carbocycles. The Balaban J connectivity index is 2.49. The molecule has 0 unspecified atom stereocenters. The molecule has 0 aliphatic heterocycles. The average Bonchev–Trinajstić information content (AvgIpc) is 2.73. The Hall–Kier alpha value is -1.77. The molecule has 1 heterocycles. The second kappa shape index (κ2) is 6.33. The quantitative estimate of drug-likeness (QED) is 0.817. The SMILES string of the molecule is CCN(CC)C(=O)Cn1c(C)c(C(C)C)c2ccccc21. The van der Waals surface area contributed by atoms with Crippen LogP contribution in [0, 0.1) is 6.92 Å². The second-order valence-electron chi connectivity index (χ2n) is 5.82. The first-order valence-corrected chi connectivity index (χ1v) is 7.86. The maximum absolute atomic E-state index is 12.5. The van der Waals surface area contributed by atoms with E-state index in [2.05, 4.69) is 43.5 Å². The molecule has 114 valence electrons. The van der Waals surface area contributed by atoms with E-state index in [0.29, 0.717) is 12.5 Å². The summed E-state index contributed by atoms with van der Waals surface area (Å²) >= 11 is 0. The molecule has 21 heavy (non-hydrogen) atoms. The predicted octanol–water partition coefficient (Wildman–Crippen LogP) is 3.94. The minimum Gasteiger partial charge on any atom is -0.342 e. The van der Waals surface area contributed by atoms with Crippen LogP contribution in [0.5, 0.6) is 0 Å². The van der Waals surface area contributed by atoms with E-state index < -0.39 is 0 Å². The summed E-state index contributed by atoms with van der Waals surface area (Å²) in [6.45, 7) is 12.6. The number of rotatable bonds is 5. The zero-order valence-electron chi connectivity index (χ0n) is 13.8. The van der Waals surface area contributed by atoms with Crippen LogP contribution in [0.1, 0.15) is 44.9 Å². The molecule has 2 aromatic rings. The van der Waals surface area contributed by atoms with Gasteiger partial charge in [0.1, 0.15) is 6.54 Å². The maximum atomic E-state index is 12.5. The zero-order chi connectivity index (χ0) is 15.6. The van der Waals surface area contributed by atoms with Crippen LogP contribution in [0.3, 0.4) is 0 Å². The lowest BCUT2D eigenvalue weighted by Crippen LogP contribution is -2.33. The van der Waals surface area contributed by atoms with E-state index in [1.807, 2.05) is 24.8 Å². The second-order valence-corrected chi connectivity index (χ2v) is 5.82. The average molecular weight is 286 g/mol. The van der Waals surface area contributed by atoms with E-state index in [1.165, 1.54) is 22.2 Å². The summed E-state index contributed by atoms with van der Waals surface area (Å²) in [5, 5.41) is 1.28. The Morgan fingerprint density at radius 3 is 2.38 bits per heavy atom. The molecule has 1 aromatic heterocycles. The highest BCUT2D eigenvalue weighted by atomic mass is 16.2. The van der Waals surface area contributed by atoms with E-state index in [9.17, 15) is 4.79 Å². The number of carbonyl (C=O) groups excluding carboxylic acids is 1. The van der Waals surface area contributed by atoms with Crippen LogP contribution in [0.25, 0.3) is 10.9 Å². The number of aromatic nitrogens is 1. The summed E-state index contributed by atoms with van der Waals surface area (Å²) in [6.07, 6.45) is 0. The van der Waals surface area contributed by atoms with Gasteiger partial charge in [-0.25, -0.2) is 0 Å². The van der Waals surface area contributed by atoms with Gasteiger partial charge in [0.2, 0.25) is 5.91 Å². The van der Waals surface area contributed by atoms with Gasteiger partial charge in [-0.1, -0.05) is 32.0 Å². The highest BCUT2D eigenvalue weighted by molar-refractivity contribution is 5.88. The predicted molar refractivity (Wildman–Crippen MR) is 88.7 cm³/mol. The molecule has 0 radical (unpaired) electrons. The number of fused-ring (bicyclic) bond motifs is 1. The largest absolute Gasteiger partial charge is 0.342 e. The van der Waals surface area contributed by atoms with Crippen molar-refractivity contribution in [2.75, 3.05) is 13.1 Å². The van der Waals surface area contributed by atoms with Gasteiger partial charge in [0.25, 0.3) is 0 Å². The molecule has 1 amide bonds. The van der Waals surface area contributed by atoms with Crippen LogP contribution < -0.4 is 0 Å². The number of carbonyl (C=O) groups is 1. The van der Waals surface area contributed by atoms with Crippen molar-refractivity contribution in [3.63, 3.8) is 0 Å². The summed E-state index contributed by atoms with van der Waals surface area (Å²) < 4.78 is 2.17. The fourth-order valence-corrected chi connectivity index (χ4v) is 3.20. The van der Waals surface area contributed by atoms with Crippen LogP contribution >= 0.6 is 0 Å². The number of para-hydroxylation sites is 1. The lowest BCUT2D eigenvalue weighted by Gasteiger charge is -2.20. The van der Waals surface area contributed by atoms with Crippen molar-refractivity contribution >= 4 is 16.8 Å². The Labute approximate surface area is 127 Å². The molecular weight excluding hydrogens is 260 g/mol. The van der Waals surface area contributed by atoms with Crippen molar-refractivity contribution in [2.24, 2.45) is 0 Å². The lowest BCUT2D eigenvalue weighted by atomic mass is 10.00. The van der Waals surface area contributed by atoms with Crippen LogP contribution in [0.2, 0.25) is 0 Å². The van der Waals surface area contributed by atoms with Gasteiger partial charge >= 0.3 is 0 Å². The maximum Gasteiger partial charge on any atom is 0.242 e. The van der Waals surface area contributed by atoms with Crippen molar-refractivity contribution < 1.29 is 4.79 Å². The summed E-state index contributed by atoms with van der Waals surface area (Å²) in [4.78, 5) is 14.3. The molecule has 0 spiro atoms. The van der Waals surface area contributed by atoms with Crippen molar-refractivity contribution in [1.82, 2.24) is 9.47 Å². The van der Waals surface area contributed by atoms with Crippen LogP contribution in [0.4, 0.5) is 0 Å². The molecule has 0 atom stereocenters. The van der Waals surface area contributed by atoms with Gasteiger partial charge in [-0.3, -0.25) is 4.79 Å². The first-order chi connectivity index (χ1) is 10.0. The highest BCUT2D eigenvalue weighted by Gasteiger charge is 2.19. The Morgan fingerprint density at radius 2 is 1.81 bits per heavy atom. The number of benzene rings is 1. The zero-order valence-corrected chi connectivity index (χ0v) is 13.8. The van der Waals surface area contributed by atoms with Crippen LogP contribution in [0.15, 0.2) is 24.3 Å². The van der Waals surface area contributed by atoms with Gasteiger partial charge in [-0.15, -0.1) is 0 Å². The van der Waals surface area contributed by atoms with Crippen molar-refractivity contribution in [3.8, 4) is 0 Å². The number of likely N-dealkylation sites (N-methyl/N-ethyl adjacent to an activating group) is 1. The number of hydrogen-bond donors (Lipinski definition) is 0. The minimum absolute atomic E-state index is 0.194. The Kier molecular flexibility index (Phi) is 4.71. The normalized spacial score (nSPS) is 11.3. The fraction of sp³-hybridized carbons (Fsp3) is 0.500. The summed E-state index contributed by atoms with van der Waals surface area (Å²) in [5.74, 6) is 0.652. The topological polar surface area (TPSA) is 25.2 Å². The van der Waals surface area contributed by atoms with E-state index >= 15 is 0 Å². The first kappa shape index (κ1) is 15.6. The lowest BCUT2D eigenvalue weighted by molar-refractivity contribution is -0.131. The molecule has 0 fully saturated rings. The van der Waals surface area contributed by atoms with Crippen molar-refractivity contribution in [3.05, 3.63) is 35.5 Å². The third-order valence-corrected chi connectivity index (χ3v) is 4.27. The molecule has 3 heteroatoms. The third kappa shape index (κ3) is 2.82. The van der Waals surface area contributed by atoms with Crippen LogP contribution in [-0.2, 0) is 11.3 Å². The van der Waals surface area contributed by atoms with Crippen molar-refractivity contribution in [2.45, 2.75) is 47.1 Å². The van der Waals surface area contributed by atoms with Gasteiger partial charge in [-0.2, -0.15) is 0 Å². The van der Waals surface area contributed by atoms with E-state index in [1.54, 1.807) is 0 Å². The van der Waals surface area contributed by atoms with E-state index in [-0.39, 0.29) is 5.91 Å². The smallest absolute Gasteiger partial charge is 0.242 e. The van der Waals surface area contributed by atoms with Gasteiger partial charge in [0.05, 0.1) is 0 Å². The summed E-state index contributed by atoms with van der Waals surface area (Å²) in [6, 6.07) is 8.40. The molecule has 2 rings (SSSR count). The standard InChI is InChI=1S/C18H26N2O/c1-6-19(7-2)17(21)12-20-14(5)18(13(3)4)15-10-8-9-11-16(15)20/h8-11,13H,6-7,12H2,1-5H3. The molecule has 0 bridgehead atoms.